The lowest BCUT2D eigenvalue weighted by Crippen LogP contribution is -2.32. The van der Waals surface area contributed by atoms with Crippen LogP contribution < -0.4 is 4.74 Å². The van der Waals surface area contributed by atoms with E-state index in [1.165, 1.54) is 6.07 Å². The summed E-state index contributed by atoms with van der Waals surface area (Å²) in [6, 6.07) is 3.56. The third-order valence-electron chi connectivity index (χ3n) is 5.19. The normalized spacial score (nSPS) is 18.1. The van der Waals surface area contributed by atoms with Crippen molar-refractivity contribution in [2.24, 2.45) is 0 Å². The van der Waals surface area contributed by atoms with Gasteiger partial charge in [0.15, 0.2) is 11.6 Å². The maximum absolute atomic E-state index is 14.1. The molecule has 0 unspecified atom stereocenters. The van der Waals surface area contributed by atoms with Gasteiger partial charge in [-0.25, -0.2) is 14.1 Å². The van der Waals surface area contributed by atoms with Crippen molar-refractivity contribution in [2.45, 2.75) is 38.8 Å². The minimum atomic E-state index is -0.207. The number of piperidine rings is 1. The van der Waals surface area contributed by atoms with Crippen LogP contribution in [0.1, 0.15) is 37.2 Å². The van der Waals surface area contributed by atoms with Crippen LogP contribution in [-0.4, -0.2) is 53.0 Å². The van der Waals surface area contributed by atoms with Crippen molar-refractivity contribution in [3.63, 3.8) is 0 Å². The molecule has 0 radical (unpaired) electrons. The molecule has 1 fully saturated rings. The second kappa shape index (κ2) is 7.32. The summed E-state index contributed by atoms with van der Waals surface area (Å²) < 4.78 is 27.4. The van der Waals surface area contributed by atoms with Crippen LogP contribution in [0.2, 0.25) is 0 Å². The minimum Gasteiger partial charge on any atom is -0.492 e. The third kappa shape index (κ3) is 3.21. The second-order valence-corrected chi connectivity index (χ2v) is 6.97. The van der Waals surface area contributed by atoms with Crippen LogP contribution in [0.3, 0.4) is 0 Å². The van der Waals surface area contributed by atoms with Gasteiger partial charge >= 0.3 is 0 Å². The molecule has 0 saturated carbocycles. The fourth-order valence-corrected chi connectivity index (χ4v) is 3.73. The van der Waals surface area contributed by atoms with Gasteiger partial charge in [-0.05, 0) is 52.0 Å². The molecule has 7 heteroatoms. The van der Waals surface area contributed by atoms with Crippen molar-refractivity contribution in [3.8, 4) is 17.1 Å². The van der Waals surface area contributed by atoms with Gasteiger partial charge in [-0.15, -0.1) is 0 Å². The maximum Gasteiger partial charge on any atom is 0.176 e. The lowest BCUT2D eigenvalue weighted by molar-refractivity contribution is 0.127. The van der Waals surface area contributed by atoms with Gasteiger partial charge in [-0.1, -0.05) is 0 Å². The first kappa shape index (κ1) is 17.4. The van der Waals surface area contributed by atoms with Gasteiger partial charge in [-0.3, -0.25) is 0 Å². The third-order valence-corrected chi connectivity index (χ3v) is 5.19. The van der Waals surface area contributed by atoms with E-state index in [2.05, 4.69) is 11.9 Å². The Bertz CT molecular complexity index is 784. The molecule has 2 aliphatic heterocycles. The van der Waals surface area contributed by atoms with Gasteiger partial charge in [0.2, 0.25) is 0 Å². The molecule has 1 aromatic carbocycles. The van der Waals surface area contributed by atoms with E-state index in [0.717, 1.165) is 37.3 Å². The van der Waals surface area contributed by atoms with Crippen LogP contribution in [-0.2, 0) is 17.8 Å². The first-order valence-electron chi connectivity index (χ1n) is 9.33. The minimum absolute atomic E-state index is 0.207. The summed E-state index contributed by atoms with van der Waals surface area (Å²) in [5, 5.41) is 4.73. The van der Waals surface area contributed by atoms with E-state index in [1.54, 1.807) is 6.07 Å². The van der Waals surface area contributed by atoms with Crippen molar-refractivity contribution < 1.29 is 13.9 Å². The first-order chi connectivity index (χ1) is 12.7. The zero-order valence-corrected chi connectivity index (χ0v) is 15.4. The molecule has 4 rings (SSSR count). The zero-order chi connectivity index (χ0) is 18.1. The largest absolute Gasteiger partial charge is 0.492 e. The van der Waals surface area contributed by atoms with Crippen molar-refractivity contribution >= 4 is 0 Å². The Labute approximate surface area is 152 Å². The van der Waals surface area contributed by atoms with E-state index in [4.69, 9.17) is 19.6 Å². The molecule has 0 amide bonds. The summed E-state index contributed by atoms with van der Waals surface area (Å²) in [6.07, 6.45) is 2.64. The molecular formula is C19H25FN4O2. The van der Waals surface area contributed by atoms with E-state index in [0.29, 0.717) is 43.4 Å². The Hall–Kier alpha value is -1.99. The Kier molecular flexibility index (Phi) is 4.91. The van der Waals surface area contributed by atoms with Crippen LogP contribution in [0.25, 0.3) is 11.4 Å². The van der Waals surface area contributed by atoms with Gasteiger partial charge in [0.25, 0.3) is 0 Å². The molecule has 6 nitrogen and oxygen atoms in total. The molecule has 2 aliphatic rings. The van der Waals surface area contributed by atoms with Gasteiger partial charge in [-0.2, -0.15) is 5.10 Å². The number of nitrogens with zero attached hydrogens (tertiary/aromatic N) is 4. The summed E-state index contributed by atoms with van der Waals surface area (Å²) in [5.41, 5.74) is 1.47. The molecule has 3 heterocycles. The number of hydrogen-bond donors (Lipinski definition) is 0. The first-order valence-corrected chi connectivity index (χ1v) is 9.33. The number of halogens is 1. The lowest BCUT2D eigenvalue weighted by atomic mass is 10.0. The second-order valence-electron chi connectivity index (χ2n) is 6.97. The van der Waals surface area contributed by atoms with Gasteiger partial charge in [0.05, 0.1) is 18.2 Å². The topological polar surface area (TPSA) is 52.4 Å². The molecule has 140 valence electrons. The Morgan fingerprint density at radius 2 is 2.12 bits per heavy atom. The highest BCUT2D eigenvalue weighted by atomic mass is 19.1. The van der Waals surface area contributed by atoms with E-state index in [9.17, 15) is 4.39 Å². The SMILES string of the molecule is CCOCc1nc(-c2ccc(F)c3c2OCC3)n(C2CCN(C)CC2)n1. The van der Waals surface area contributed by atoms with Crippen LogP contribution in [0.4, 0.5) is 4.39 Å². The van der Waals surface area contributed by atoms with Crippen molar-refractivity contribution in [2.75, 3.05) is 33.4 Å². The van der Waals surface area contributed by atoms with Crippen LogP contribution in [0.5, 0.6) is 5.75 Å². The van der Waals surface area contributed by atoms with Crippen molar-refractivity contribution in [3.05, 3.63) is 29.3 Å². The van der Waals surface area contributed by atoms with Gasteiger partial charge < -0.3 is 14.4 Å². The fourth-order valence-electron chi connectivity index (χ4n) is 3.73. The monoisotopic (exact) mass is 360 g/mol. The molecule has 26 heavy (non-hydrogen) atoms. The molecule has 0 aliphatic carbocycles. The average molecular weight is 360 g/mol. The van der Waals surface area contributed by atoms with Crippen molar-refractivity contribution in [1.82, 2.24) is 19.7 Å². The zero-order valence-electron chi connectivity index (χ0n) is 15.4. The van der Waals surface area contributed by atoms with Crippen LogP contribution in [0.15, 0.2) is 12.1 Å². The number of aromatic nitrogens is 3. The quantitative estimate of drug-likeness (QED) is 0.821. The summed E-state index contributed by atoms with van der Waals surface area (Å²) in [7, 11) is 2.14. The number of rotatable bonds is 5. The Morgan fingerprint density at radius 1 is 1.31 bits per heavy atom. The molecule has 0 atom stereocenters. The number of likely N-dealkylation sites (tertiary alicyclic amines) is 1. The summed E-state index contributed by atoms with van der Waals surface area (Å²) in [4.78, 5) is 7.06. The molecule has 0 bridgehead atoms. The number of fused-ring (bicyclic) bond motifs is 1. The van der Waals surface area contributed by atoms with Gasteiger partial charge in [0, 0.05) is 18.6 Å². The fraction of sp³-hybridized carbons (Fsp3) is 0.579. The molecular weight excluding hydrogens is 335 g/mol. The highest BCUT2D eigenvalue weighted by molar-refractivity contribution is 5.68. The van der Waals surface area contributed by atoms with Crippen LogP contribution >= 0.6 is 0 Å². The highest BCUT2D eigenvalue weighted by Gasteiger charge is 2.28. The predicted octanol–water partition coefficient (Wildman–Crippen LogP) is 2.82. The van der Waals surface area contributed by atoms with Crippen molar-refractivity contribution in [1.29, 1.82) is 0 Å². The Morgan fingerprint density at radius 3 is 2.88 bits per heavy atom. The average Bonchev–Trinajstić information content (AvgIpc) is 3.29. The summed E-state index contributed by atoms with van der Waals surface area (Å²) >= 11 is 0. The van der Waals surface area contributed by atoms with E-state index >= 15 is 0 Å². The van der Waals surface area contributed by atoms with E-state index in [-0.39, 0.29) is 11.9 Å². The molecule has 2 aromatic rings. The summed E-state index contributed by atoms with van der Waals surface area (Å²) in [5.74, 6) is 1.83. The summed E-state index contributed by atoms with van der Waals surface area (Å²) in [6.45, 7) is 5.53. The van der Waals surface area contributed by atoms with E-state index in [1.807, 2.05) is 11.6 Å². The Balaban J connectivity index is 1.75. The lowest BCUT2D eigenvalue weighted by Gasteiger charge is -2.29. The number of benzene rings is 1. The molecule has 0 N–H and O–H groups in total. The number of hydrogen-bond acceptors (Lipinski definition) is 5. The smallest absolute Gasteiger partial charge is 0.176 e. The standard InChI is InChI=1S/C19H25FN4O2/c1-3-25-12-17-21-19(24(22-17)13-6-9-23(2)10-7-13)15-4-5-16(20)14-8-11-26-18(14)15/h4-5,13H,3,6-12H2,1-2H3. The highest BCUT2D eigenvalue weighted by Crippen LogP contribution is 2.39. The van der Waals surface area contributed by atoms with E-state index < -0.39 is 0 Å². The molecule has 0 spiro atoms. The maximum atomic E-state index is 14.1. The van der Waals surface area contributed by atoms with Gasteiger partial charge in [0.1, 0.15) is 18.2 Å². The molecule has 1 aromatic heterocycles. The molecule has 1 saturated heterocycles. The predicted molar refractivity (Wildman–Crippen MR) is 95.7 cm³/mol. The van der Waals surface area contributed by atoms with Crippen LogP contribution in [0, 0.1) is 5.82 Å². The number of ether oxygens (including phenoxy) is 2.